The Hall–Kier alpha value is -2.44. The summed E-state index contributed by atoms with van der Waals surface area (Å²) >= 11 is 0. The van der Waals surface area contributed by atoms with Crippen LogP contribution in [0.5, 0.6) is 0 Å². The summed E-state index contributed by atoms with van der Waals surface area (Å²) in [6, 6.07) is 23.4. The van der Waals surface area contributed by atoms with Crippen LogP contribution in [0, 0.1) is 6.92 Å². The Morgan fingerprint density at radius 1 is 0.906 bits per heavy atom. The van der Waals surface area contributed by atoms with Gasteiger partial charge < -0.3 is 34.2 Å². The second-order valence-electron chi connectivity index (χ2n) is 8.84. The van der Waals surface area contributed by atoms with Gasteiger partial charge in [0.1, 0.15) is 6.54 Å². The molecule has 4 rings (SSSR count). The van der Waals surface area contributed by atoms with Gasteiger partial charge in [-0.05, 0) is 72.7 Å². The molecule has 3 aromatic carbocycles. The molecule has 0 atom stereocenters. The van der Waals surface area contributed by atoms with E-state index < -0.39 is 0 Å². The maximum absolute atomic E-state index is 13.0. The summed E-state index contributed by atoms with van der Waals surface area (Å²) in [6.07, 6.45) is 4.86. The Balaban J connectivity index is 0.00000289. The van der Waals surface area contributed by atoms with E-state index >= 15 is 0 Å². The van der Waals surface area contributed by atoms with Crippen LogP contribution in [-0.2, 0) is 17.8 Å². The monoisotopic (exact) mass is 538 g/mol. The zero-order valence-electron chi connectivity index (χ0n) is 19.0. The molecule has 0 spiro atoms. The molecule has 1 amide bonds. The number of carbonyl (C=O) groups is 1. The fraction of sp³-hybridized carbons (Fsp3) is 0.250. The van der Waals surface area contributed by atoms with Crippen LogP contribution in [0.4, 0.5) is 5.69 Å². The maximum Gasteiger partial charge on any atom is 0.251 e. The smallest absolute Gasteiger partial charge is 0.251 e. The number of amides is 1. The van der Waals surface area contributed by atoms with Gasteiger partial charge in [-0.15, -0.1) is 0 Å². The van der Waals surface area contributed by atoms with E-state index in [4.69, 9.17) is 0 Å². The zero-order valence-corrected chi connectivity index (χ0v) is 21.2. The SMILES string of the molecule is Cc1ccc(-c2ccc3c(c2)C=C(C(=O)Nc2ccc(C[NH+](C)C)cc2)CCC3)cc1.[I-]. The largest absolute Gasteiger partial charge is 1.00 e. The summed E-state index contributed by atoms with van der Waals surface area (Å²) in [5, 5.41) is 3.09. The van der Waals surface area contributed by atoms with Crippen molar-refractivity contribution in [2.45, 2.75) is 32.7 Å². The molecule has 0 radical (unpaired) electrons. The van der Waals surface area contributed by atoms with Crippen LogP contribution in [0.15, 0.2) is 72.3 Å². The number of anilines is 1. The highest BCUT2D eigenvalue weighted by atomic mass is 127. The number of rotatable bonds is 5. The van der Waals surface area contributed by atoms with Crippen LogP contribution in [-0.4, -0.2) is 20.0 Å². The van der Waals surface area contributed by atoms with E-state index in [0.717, 1.165) is 42.6 Å². The lowest BCUT2D eigenvalue weighted by molar-refractivity contribution is -0.872. The summed E-state index contributed by atoms with van der Waals surface area (Å²) in [6.45, 7) is 3.07. The molecule has 0 unspecified atom stereocenters. The van der Waals surface area contributed by atoms with Crippen LogP contribution in [0.2, 0.25) is 0 Å². The predicted octanol–water partition coefficient (Wildman–Crippen LogP) is 1.67. The standard InChI is InChI=1S/C28H30N2O.HI/c1-20-7-11-23(12-8-20)24-14-13-22-5-4-6-25(18-26(22)17-24)28(31)29-27-15-9-21(10-16-27)19-30(2)3;/h7-18H,4-6,19H2,1-3H3,(H,29,31);1H. The molecule has 32 heavy (non-hydrogen) atoms. The second-order valence-corrected chi connectivity index (χ2v) is 8.84. The number of nitrogens with one attached hydrogen (secondary N) is 2. The van der Waals surface area contributed by atoms with Crippen molar-refractivity contribution < 1.29 is 33.7 Å². The molecule has 2 N–H and O–H groups in total. The number of quaternary nitrogens is 1. The minimum absolute atomic E-state index is 0. The van der Waals surface area contributed by atoms with Gasteiger partial charge in [0, 0.05) is 16.8 Å². The van der Waals surface area contributed by atoms with Gasteiger partial charge in [0.25, 0.3) is 5.91 Å². The molecule has 0 saturated heterocycles. The average Bonchev–Trinajstić information content (AvgIpc) is 2.97. The van der Waals surface area contributed by atoms with Crippen molar-refractivity contribution in [3.05, 3.63) is 94.6 Å². The summed E-state index contributed by atoms with van der Waals surface area (Å²) in [5.74, 6) is -0.000395. The highest BCUT2D eigenvalue weighted by molar-refractivity contribution is 6.07. The lowest BCUT2D eigenvalue weighted by Crippen LogP contribution is -3.04. The van der Waals surface area contributed by atoms with Gasteiger partial charge in [-0.2, -0.15) is 0 Å². The van der Waals surface area contributed by atoms with E-state index in [0.29, 0.717) is 0 Å². The fourth-order valence-electron chi connectivity index (χ4n) is 4.12. The summed E-state index contributed by atoms with van der Waals surface area (Å²) < 4.78 is 0. The number of hydrogen-bond acceptors (Lipinski definition) is 1. The number of halogens is 1. The van der Waals surface area contributed by atoms with Crippen molar-refractivity contribution in [1.82, 2.24) is 0 Å². The molecular weight excluding hydrogens is 507 g/mol. The maximum atomic E-state index is 13.0. The first-order valence-electron chi connectivity index (χ1n) is 11.1. The molecule has 1 aliphatic carbocycles. The molecule has 0 heterocycles. The fourth-order valence-corrected chi connectivity index (χ4v) is 4.12. The normalized spacial score (nSPS) is 12.9. The molecule has 3 aromatic rings. The van der Waals surface area contributed by atoms with Gasteiger partial charge in [-0.1, -0.05) is 54.1 Å². The minimum Gasteiger partial charge on any atom is -1.00 e. The predicted molar refractivity (Wildman–Crippen MR) is 129 cm³/mol. The first-order chi connectivity index (χ1) is 15.0. The highest BCUT2D eigenvalue weighted by Crippen LogP contribution is 2.29. The van der Waals surface area contributed by atoms with Crippen LogP contribution >= 0.6 is 0 Å². The topological polar surface area (TPSA) is 33.5 Å². The molecule has 4 heteroatoms. The number of fused-ring (bicyclic) bond motifs is 1. The van der Waals surface area contributed by atoms with Crippen LogP contribution in [0.1, 0.15) is 35.1 Å². The third kappa shape index (κ3) is 6.08. The van der Waals surface area contributed by atoms with Crippen molar-refractivity contribution in [3.63, 3.8) is 0 Å². The lowest BCUT2D eigenvalue weighted by Gasteiger charge is -2.10. The van der Waals surface area contributed by atoms with E-state index in [-0.39, 0.29) is 29.9 Å². The molecule has 166 valence electrons. The van der Waals surface area contributed by atoms with E-state index in [9.17, 15) is 4.79 Å². The third-order valence-electron chi connectivity index (χ3n) is 5.81. The number of carbonyl (C=O) groups excluding carboxylic acids is 1. The molecule has 0 aliphatic heterocycles. The zero-order chi connectivity index (χ0) is 21.8. The number of hydrogen-bond donors (Lipinski definition) is 2. The molecular formula is C28H31IN2O. The van der Waals surface area contributed by atoms with Gasteiger partial charge in [0.15, 0.2) is 0 Å². The average molecular weight is 538 g/mol. The molecule has 0 bridgehead atoms. The van der Waals surface area contributed by atoms with Crippen LogP contribution < -0.4 is 34.2 Å². The van der Waals surface area contributed by atoms with E-state index in [1.807, 2.05) is 12.1 Å². The third-order valence-corrected chi connectivity index (χ3v) is 5.81. The van der Waals surface area contributed by atoms with Gasteiger partial charge in [0.05, 0.1) is 14.1 Å². The minimum atomic E-state index is -0.000395. The van der Waals surface area contributed by atoms with Crippen molar-refractivity contribution >= 4 is 17.7 Å². The Morgan fingerprint density at radius 3 is 2.28 bits per heavy atom. The molecule has 1 aliphatic rings. The van der Waals surface area contributed by atoms with E-state index in [1.165, 1.54) is 32.7 Å². The first-order valence-corrected chi connectivity index (χ1v) is 11.1. The second kappa shape index (κ2) is 10.9. The molecule has 0 aromatic heterocycles. The van der Waals surface area contributed by atoms with Crippen molar-refractivity contribution in [3.8, 4) is 11.1 Å². The Labute approximate surface area is 208 Å². The van der Waals surface area contributed by atoms with Gasteiger partial charge >= 0.3 is 0 Å². The molecule has 0 fully saturated rings. The molecule has 3 nitrogen and oxygen atoms in total. The van der Waals surface area contributed by atoms with Gasteiger partial charge in [-0.3, -0.25) is 4.79 Å². The first kappa shape index (κ1) is 24.2. The van der Waals surface area contributed by atoms with Gasteiger partial charge in [-0.25, -0.2) is 0 Å². The van der Waals surface area contributed by atoms with Crippen LogP contribution in [0.3, 0.4) is 0 Å². The number of benzene rings is 3. The Bertz CT molecular complexity index is 1100. The number of aryl methyl sites for hydroxylation is 2. The summed E-state index contributed by atoms with van der Waals surface area (Å²) in [4.78, 5) is 14.4. The summed E-state index contributed by atoms with van der Waals surface area (Å²) in [7, 11) is 4.27. The quantitative estimate of drug-likeness (QED) is 0.477. The lowest BCUT2D eigenvalue weighted by atomic mass is 9.97. The Morgan fingerprint density at radius 2 is 1.59 bits per heavy atom. The summed E-state index contributed by atoms with van der Waals surface area (Å²) in [5.41, 5.74) is 9.09. The van der Waals surface area contributed by atoms with Crippen LogP contribution in [0.25, 0.3) is 17.2 Å². The van der Waals surface area contributed by atoms with Gasteiger partial charge in [0.2, 0.25) is 0 Å². The van der Waals surface area contributed by atoms with Crippen molar-refractivity contribution in [2.24, 2.45) is 0 Å². The van der Waals surface area contributed by atoms with Crippen molar-refractivity contribution in [1.29, 1.82) is 0 Å². The Kier molecular flexibility index (Phi) is 8.26. The highest BCUT2D eigenvalue weighted by Gasteiger charge is 2.16. The van der Waals surface area contributed by atoms with Crippen molar-refractivity contribution in [2.75, 3.05) is 19.4 Å². The van der Waals surface area contributed by atoms with E-state index in [1.54, 1.807) is 0 Å². The van der Waals surface area contributed by atoms with E-state index in [2.05, 4.69) is 87.0 Å². The molecule has 0 saturated carbocycles.